The number of nitrogens with zero attached hydrogens (tertiary/aromatic N) is 2. The van der Waals surface area contributed by atoms with E-state index in [-0.39, 0.29) is 42.7 Å². The molecule has 0 aromatic rings. The molecule has 0 aromatic carbocycles. The number of ether oxygens (including phenoxy) is 1. The van der Waals surface area contributed by atoms with E-state index in [9.17, 15) is 8.78 Å². The lowest BCUT2D eigenvalue weighted by Gasteiger charge is -2.28. The molecule has 1 heterocycles. The molecular formula is C13H24F2IN3O. The number of morpholine rings is 1. The summed E-state index contributed by atoms with van der Waals surface area (Å²) in [6, 6.07) is 0. The maximum absolute atomic E-state index is 13.5. The van der Waals surface area contributed by atoms with Crippen LogP contribution >= 0.6 is 24.0 Å². The van der Waals surface area contributed by atoms with Crippen molar-refractivity contribution in [2.45, 2.75) is 38.0 Å². The summed E-state index contributed by atoms with van der Waals surface area (Å²) in [5, 5.41) is 0. The molecule has 1 saturated heterocycles. The number of nitrogens with two attached hydrogens (primary N) is 1. The molecular weight excluding hydrogens is 379 g/mol. The number of hydrogen-bond donors (Lipinski definition) is 1. The molecule has 1 aliphatic carbocycles. The molecule has 7 heteroatoms. The Kier molecular flexibility index (Phi) is 7.42. The molecule has 2 rings (SSSR count). The molecule has 0 spiro atoms. The van der Waals surface area contributed by atoms with Crippen LogP contribution in [0.5, 0.6) is 0 Å². The first-order valence-corrected chi connectivity index (χ1v) is 7.07. The number of alkyl halides is 2. The van der Waals surface area contributed by atoms with Crippen molar-refractivity contribution in [3.8, 4) is 0 Å². The van der Waals surface area contributed by atoms with Crippen molar-refractivity contribution in [1.82, 2.24) is 4.90 Å². The minimum atomic E-state index is -2.52. The molecule has 20 heavy (non-hydrogen) atoms. The molecule has 0 bridgehead atoms. The summed E-state index contributed by atoms with van der Waals surface area (Å²) in [5.41, 5.74) is 5.91. The van der Waals surface area contributed by atoms with E-state index < -0.39 is 5.92 Å². The minimum absolute atomic E-state index is 0. The fourth-order valence-corrected chi connectivity index (χ4v) is 2.71. The van der Waals surface area contributed by atoms with Crippen molar-refractivity contribution >= 4 is 29.9 Å². The topological polar surface area (TPSA) is 50.8 Å². The monoisotopic (exact) mass is 403 g/mol. The molecule has 1 atom stereocenters. The SMILES string of the molecule is I.NC(=NCC1CCCCC(F)(F)C1)N1CCOCC1. The minimum Gasteiger partial charge on any atom is -0.378 e. The Morgan fingerprint density at radius 2 is 2.00 bits per heavy atom. The highest BCUT2D eigenvalue weighted by atomic mass is 127. The number of halogens is 3. The van der Waals surface area contributed by atoms with E-state index >= 15 is 0 Å². The highest BCUT2D eigenvalue weighted by Gasteiger charge is 2.34. The van der Waals surface area contributed by atoms with Crippen LogP contribution in [-0.2, 0) is 4.74 Å². The van der Waals surface area contributed by atoms with Crippen LogP contribution in [0.25, 0.3) is 0 Å². The Balaban J connectivity index is 0.00000200. The van der Waals surface area contributed by atoms with E-state index in [4.69, 9.17) is 10.5 Å². The molecule has 1 unspecified atom stereocenters. The predicted octanol–water partition coefficient (Wildman–Crippen LogP) is 2.47. The Morgan fingerprint density at radius 3 is 2.70 bits per heavy atom. The van der Waals surface area contributed by atoms with Crippen LogP contribution in [0.15, 0.2) is 4.99 Å². The first-order chi connectivity index (χ1) is 9.07. The van der Waals surface area contributed by atoms with Gasteiger partial charge in [0, 0.05) is 32.5 Å². The van der Waals surface area contributed by atoms with Gasteiger partial charge >= 0.3 is 0 Å². The van der Waals surface area contributed by atoms with E-state index in [0.29, 0.717) is 32.1 Å². The molecule has 118 valence electrons. The van der Waals surface area contributed by atoms with Gasteiger partial charge in [0.15, 0.2) is 5.96 Å². The molecule has 1 aliphatic heterocycles. The highest BCUT2D eigenvalue weighted by molar-refractivity contribution is 14.0. The summed E-state index contributed by atoms with van der Waals surface area (Å²) in [6.07, 6.45) is 2.29. The predicted molar refractivity (Wildman–Crippen MR) is 85.8 cm³/mol. The van der Waals surface area contributed by atoms with E-state index in [1.807, 2.05) is 4.90 Å². The van der Waals surface area contributed by atoms with Gasteiger partial charge < -0.3 is 15.4 Å². The molecule has 2 fully saturated rings. The number of aliphatic imine (C=N–C) groups is 1. The fourth-order valence-electron chi connectivity index (χ4n) is 2.71. The van der Waals surface area contributed by atoms with Crippen LogP contribution in [0.3, 0.4) is 0 Å². The first kappa shape index (κ1) is 17.9. The van der Waals surface area contributed by atoms with E-state index in [0.717, 1.165) is 25.9 Å². The van der Waals surface area contributed by atoms with Crippen LogP contribution in [0, 0.1) is 5.92 Å². The zero-order valence-electron chi connectivity index (χ0n) is 11.7. The molecule has 0 amide bonds. The summed E-state index contributed by atoms with van der Waals surface area (Å²) in [4.78, 5) is 6.27. The smallest absolute Gasteiger partial charge is 0.248 e. The van der Waals surface area contributed by atoms with E-state index in [1.54, 1.807) is 0 Å². The largest absolute Gasteiger partial charge is 0.378 e. The van der Waals surface area contributed by atoms with Gasteiger partial charge in [0.05, 0.1) is 13.2 Å². The highest BCUT2D eigenvalue weighted by Crippen LogP contribution is 2.35. The van der Waals surface area contributed by atoms with Crippen molar-refractivity contribution < 1.29 is 13.5 Å². The van der Waals surface area contributed by atoms with Crippen molar-refractivity contribution in [1.29, 1.82) is 0 Å². The summed E-state index contributed by atoms with van der Waals surface area (Å²) >= 11 is 0. The van der Waals surface area contributed by atoms with Gasteiger partial charge in [-0.15, -0.1) is 24.0 Å². The third-order valence-corrected chi connectivity index (χ3v) is 3.84. The zero-order chi connectivity index (χ0) is 13.7. The van der Waals surface area contributed by atoms with Gasteiger partial charge in [-0.1, -0.05) is 6.42 Å². The number of rotatable bonds is 2. The van der Waals surface area contributed by atoms with Crippen molar-refractivity contribution in [2.75, 3.05) is 32.8 Å². The summed E-state index contributed by atoms with van der Waals surface area (Å²) < 4.78 is 32.2. The second kappa shape index (κ2) is 8.31. The quantitative estimate of drug-likeness (QED) is 0.334. The van der Waals surface area contributed by atoms with Crippen molar-refractivity contribution in [3.63, 3.8) is 0 Å². The van der Waals surface area contributed by atoms with Gasteiger partial charge in [-0.25, -0.2) is 8.78 Å². The van der Waals surface area contributed by atoms with Gasteiger partial charge in [-0.05, 0) is 18.8 Å². The average Bonchev–Trinajstić information content (AvgIpc) is 2.57. The Hall–Kier alpha value is -0.180. The standard InChI is InChI=1S/C13H23F2N3O.HI/c14-13(15)4-2-1-3-11(9-13)10-17-12(16)18-5-7-19-8-6-18;/h11H,1-10H2,(H2,16,17);1H. The number of guanidine groups is 1. The molecule has 0 radical (unpaired) electrons. The first-order valence-electron chi connectivity index (χ1n) is 7.07. The van der Waals surface area contributed by atoms with Crippen LogP contribution in [0.1, 0.15) is 32.1 Å². The molecule has 2 aliphatic rings. The second-order valence-electron chi connectivity index (χ2n) is 5.47. The summed E-state index contributed by atoms with van der Waals surface area (Å²) in [6.45, 7) is 3.18. The normalized spacial score (nSPS) is 27.6. The zero-order valence-corrected chi connectivity index (χ0v) is 14.0. The Labute approximate surface area is 136 Å². The molecule has 4 nitrogen and oxygen atoms in total. The van der Waals surface area contributed by atoms with Crippen molar-refractivity contribution in [3.05, 3.63) is 0 Å². The van der Waals surface area contributed by atoms with Gasteiger partial charge in [-0.3, -0.25) is 4.99 Å². The van der Waals surface area contributed by atoms with Gasteiger partial charge in [0.25, 0.3) is 0 Å². The Morgan fingerprint density at radius 1 is 1.30 bits per heavy atom. The maximum atomic E-state index is 13.5. The molecule has 0 aromatic heterocycles. The van der Waals surface area contributed by atoms with E-state index in [2.05, 4.69) is 4.99 Å². The third-order valence-electron chi connectivity index (χ3n) is 3.84. The lowest BCUT2D eigenvalue weighted by Crippen LogP contribution is -2.45. The lowest BCUT2D eigenvalue weighted by molar-refractivity contribution is -0.0241. The maximum Gasteiger partial charge on any atom is 0.248 e. The van der Waals surface area contributed by atoms with E-state index in [1.165, 1.54) is 0 Å². The summed E-state index contributed by atoms with van der Waals surface area (Å²) in [7, 11) is 0. The third kappa shape index (κ3) is 5.67. The molecule has 2 N–H and O–H groups in total. The number of hydrogen-bond acceptors (Lipinski definition) is 2. The lowest BCUT2D eigenvalue weighted by atomic mass is 9.99. The van der Waals surface area contributed by atoms with Gasteiger partial charge in [-0.2, -0.15) is 0 Å². The van der Waals surface area contributed by atoms with Crippen LogP contribution < -0.4 is 5.73 Å². The fraction of sp³-hybridized carbons (Fsp3) is 0.923. The molecule has 1 saturated carbocycles. The van der Waals surface area contributed by atoms with Gasteiger partial charge in [0.1, 0.15) is 0 Å². The van der Waals surface area contributed by atoms with Crippen molar-refractivity contribution in [2.24, 2.45) is 16.6 Å². The van der Waals surface area contributed by atoms with Crippen LogP contribution in [0.2, 0.25) is 0 Å². The van der Waals surface area contributed by atoms with Gasteiger partial charge in [0.2, 0.25) is 5.92 Å². The van der Waals surface area contributed by atoms with Crippen LogP contribution in [0.4, 0.5) is 8.78 Å². The Bertz CT molecular complexity index is 323. The second-order valence-corrected chi connectivity index (χ2v) is 5.47. The average molecular weight is 403 g/mol. The van der Waals surface area contributed by atoms with Crippen LogP contribution in [-0.4, -0.2) is 49.6 Å². The summed E-state index contributed by atoms with van der Waals surface area (Å²) in [5.74, 6) is -2.10.